The van der Waals surface area contributed by atoms with E-state index in [0.717, 1.165) is 31.4 Å². The second-order valence-corrected chi connectivity index (χ2v) is 6.02. The summed E-state index contributed by atoms with van der Waals surface area (Å²) in [5.41, 5.74) is 2.60. The molecule has 1 aromatic heterocycles. The number of carbonyl (C=O) groups is 1. The van der Waals surface area contributed by atoms with E-state index in [4.69, 9.17) is 4.74 Å². The van der Waals surface area contributed by atoms with E-state index in [9.17, 15) is 10.1 Å². The van der Waals surface area contributed by atoms with Crippen molar-refractivity contribution in [2.45, 2.75) is 39.0 Å². The Morgan fingerprint density at radius 2 is 2.12 bits per heavy atom. The molecule has 0 radical (unpaired) electrons. The van der Waals surface area contributed by atoms with E-state index in [1.807, 2.05) is 13.0 Å². The quantitative estimate of drug-likeness (QED) is 0.836. The number of aryl methyl sites for hydroxylation is 1. The van der Waals surface area contributed by atoms with Gasteiger partial charge in [-0.1, -0.05) is 6.92 Å². The highest BCUT2D eigenvalue weighted by Gasteiger charge is 2.18. The highest BCUT2D eigenvalue weighted by molar-refractivity contribution is 5.97. The lowest BCUT2D eigenvalue weighted by Gasteiger charge is -2.11. The minimum atomic E-state index is 0.112. The fourth-order valence-electron chi connectivity index (χ4n) is 2.78. The molecule has 128 valence electrons. The topological polar surface area (TPSA) is 87.9 Å². The molecule has 1 aromatic carbocycles. The molecular weight excluding hydrogens is 316 g/mol. The molecule has 1 N–H and O–H groups in total. The number of nitriles is 1. The highest BCUT2D eigenvalue weighted by Crippen LogP contribution is 2.24. The standard InChI is InChI=1S/C19H20N4O2/c1-2-7-25-15-9-13(11-20)8-14(10-15)22-19-21-12-16-17(23-19)5-3-4-6-18(16)24/h8-10,12H,2-7H2,1H3,(H,21,22,23). The fourth-order valence-corrected chi connectivity index (χ4v) is 2.78. The van der Waals surface area contributed by atoms with Crippen molar-refractivity contribution in [1.82, 2.24) is 9.97 Å². The Hall–Kier alpha value is -2.94. The molecule has 6 heteroatoms. The summed E-state index contributed by atoms with van der Waals surface area (Å²) in [6.07, 6.45) is 5.67. The van der Waals surface area contributed by atoms with Crippen LogP contribution in [0.5, 0.6) is 5.75 Å². The monoisotopic (exact) mass is 336 g/mol. The first kappa shape index (κ1) is 16.9. The number of ketones is 1. The Morgan fingerprint density at radius 3 is 2.92 bits per heavy atom. The summed E-state index contributed by atoms with van der Waals surface area (Å²) in [5, 5.41) is 12.3. The van der Waals surface area contributed by atoms with Gasteiger partial charge in [0, 0.05) is 24.4 Å². The molecule has 6 nitrogen and oxygen atoms in total. The zero-order chi connectivity index (χ0) is 17.6. The maximum absolute atomic E-state index is 12.1. The molecule has 0 unspecified atom stereocenters. The molecule has 0 amide bonds. The second kappa shape index (κ2) is 7.75. The number of fused-ring (bicyclic) bond motifs is 1. The predicted molar refractivity (Wildman–Crippen MR) is 94.1 cm³/mol. The van der Waals surface area contributed by atoms with Crippen LogP contribution in [0.15, 0.2) is 24.4 Å². The van der Waals surface area contributed by atoms with Gasteiger partial charge in [0.15, 0.2) is 5.78 Å². The van der Waals surface area contributed by atoms with Crippen LogP contribution in [0.3, 0.4) is 0 Å². The van der Waals surface area contributed by atoms with Crippen LogP contribution >= 0.6 is 0 Å². The van der Waals surface area contributed by atoms with Gasteiger partial charge in [-0.3, -0.25) is 4.79 Å². The molecule has 1 aliphatic rings. The molecule has 0 saturated carbocycles. The molecule has 0 fully saturated rings. The number of hydrogen-bond donors (Lipinski definition) is 1. The predicted octanol–water partition coefficient (Wildman–Crippen LogP) is 3.79. The van der Waals surface area contributed by atoms with Crippen LogP contribution in [0.2, 0.25) is 0 Å². The SMILES string of the molecule is CCCOc1cc(C#N)cc(Nc2ncc3c(n2)CCCCC3=O)c1. The number of hydrogen-bond acceptors (Lipinski definition) is 6. The van der Waals surface area contributed by atoms with Crippen molar-refractivity contribution in [3.8, 4) is 11.8 Å². The molecule has 0 spiro atoms. The minimum Gasteiger partial charge on any atom is -0.493 e. The molecule has 1 aliphatic carbocycles. The second-order valence-electron chi connectivity index (χ2n) is 6.02. The minimum absolute atomic E-state index is 0.112. The number of benzene rings is 1. The van der Waals surface area contributed by atoms with Crippen LogP contribution < -0.4 is 10.1 Å². The van der Waals surface area contributed by atoms with Crippen molar-refractivity contribution >= 4 is 17.4 Å². The van der Waals surface area contributed by atoms with Gasteiger partial charge < -0.3 is 10.1 Å². The molecule has 1 heterocycles. The maximum atomic E-state index is 12.1. The fraction of sp³-hybridized carbons (Fsp3) is 0.368. The molecule has 0 aliphatic heterocycles. The zero-order valence-electron chi connectivity index (χ0n) is 14.2. The molecule has 0 atom stereocenters. The smallest absolute Gasteiger partial charge is 0.227 e. The third-order valence-electron chi connectivity index (χ3n) is 4.00. The molecule has 3 rings (SSSR count). The number of carbonyl (C=O) groups excluding carboxylic acids is 1. The van der Waals surface area contributed by atoms with Crippen LogP contribution in [-0.4, -0.2) is 22.4 Å². The summed E-state index contributed by atoms with van der Waals surface area (Å²) < 4.78 is 5.62. The van der Waals surface area contributed by atoms with E-state index in [1.165, 1.54) is 0 Å². The number of nitrogens with one attached hydrogen (secondary N) is 1. The van der Waals surface area contributed by atoms with E-state index in [-0.39, 0.29) is 5.78 Å². The largest absolute Gasteiger partial charge is 0.493 e. The van der Waals surface area contributed by atoms with Crippen LogP contribution in [-0.2, 0) is 6.42 Å². The summed E-state index contributed by atoms with van der Waals surface area (Å²) in [5.74, 6) is 1.17. The third kappa shape index (κ3) is 4.13. The lowest BCUT2D eigenvalue weighted by molar-refractivity contribution is 0.0981. The maximum Gasteiger partial charge on any atom is 0.227 e. The van der Waals surface area contributed by atoms with Gasteiger partial charge in [-0.15, -0.1) is 0 Å². The first-order valence-electron chi connectivity index (χ1n) is 8.53. The third-order valence-corrected chi connectivity index (χ3v) is 4.00. The number of ether oxygens (including phenoxy) is 1. The zero-order valence-corrected chi connectivity index (χ0v) is 14.2. The molecule has 2 aromatic rings. The summed E-state index contributed by atoms with van der Waals surface area (Å²) in [6.45, 7) is 2.61. The normalized spacial score (nSPS) is 13.5. The Bertz CT molecular complexity index is 827. The van der Waals surface area contributed by atoms with Gasteiger partial charge >= 0.3 is 0 Å². The summed E-state index contributed by atoms with van der Waals surface area (Å²) in [4.78, 5) is 20.8. The average molecular weight is 336 g/mol. The van der Waals surface area contributed by atoms with Gasteiger partial charge in [0.25, 0.3) is 0 Å². The van der Waals surface area contributed by atoms with Gasteiger partial charge in [-0.25, -0.2) is 9.97 Å². The van der Waals surface area contributed by atoms with E-state index in [2.05, 4.69) is 21.4 Å². The summed E-state index contributed by atoms with van der Waals surface area (Å²) >= 11 is 0. The highest BCUT2D eigenvalue weighted by atomic mass is 16.5. The van der Waals surface area contributed by atoms with Crippen molar-refractivity contribution in [2.24, 2.45) is 0 Å². The van der Waals surface area contributed by atoms with E-state index >= 15 is 0 Å². The number of anilines is 2. The molecule has 25 heavy (non-hydrogen) atoms. The number of aromatic nitrogens is 2. The Morgan fingerprint density at radius 1 is 1.28 bits per heavy atom. The average Bonchev–Trinajstić information content (AvgIpc) is 2.81. The van der Waals surface area contributed by atoms with Crippen LogP contribution in [0.4, 0.5) is 11.6 Å². The van der Waals surface area contributed by atoms with Gasteiger partial charge in [0.2, 0.25) is 5.95 Å². The molecular formula is C19H20N4O2. The van der Waals surface area contributed by atoms with Crippen LogP contribution in [0.25, 0.3) is 0 Å². The van der Waals surface area contributed by atoms with Gasteiger partial charge in [-0.2, -0.15) is 5.26 Å². The Kier molecular flexibility index (Phi) is 5.24. The lowest BCUT2D eigenvalue weighted by atomic mass is 10.1. The lowest BCUT2D eigenvalue weighted by Crippen LogP contribution is -2.07. The van der Waals surface area contributed by atoms with Crippen LogP contribution in [0, 0.1) is 11.3 Å². The first-order chi connectivity index (χ1) is 12.2. The van der Waals surface area contributed by atoms with E-state index in [0.29, 0.717) is 41.5 Å². The van der Waals surface area contributed by atoms with Crippen molar-refractivity contribution in [3.63, 3.8) is 0 Å². The first-order valence-corrected chi connectivity index (χ1v) is 8.53. The number of rotatable bonds is 5. The van der Waals surface area contributed by atoms with Gasteiger partial charge in [-0.05, 0) is 37.8 Å². The number of nitrogens with zero attached hydrogens (tertiary/aromatic N) is 3. The van der Waals surface area contributed by atoms with E-state index < -0.39 is 0 Å². The van der Waals surface area contributed by atoms with Gasteiger partial charge in [0.1, 0.15) is 5.75 Å². The van der Waals surface area contributed by atoms with Crippen molar-refractivity contribution in [1.29, 1.82) is 5.26 Å². The molecule has 0 bridgehead atoms. The van der Waals surface area contributed by atoms with Crippen molar-refractivity contribution < 1.29 is 9.53 Å². The van der Waals surface area contributed by atoms with Gasteiger partial charge in [0.05, 0.1) is 29.5 Å². The summed E-state index contributed by atoms with van der Waals surface area (Å²) in [7, 11) is 0. The summed E-state index contributed by atoms with van der Waals surface area (Å²) in [6, 6.07) is 7.37. The van der Waals surface area contributed by atoms with Crippen LogP contribution in [0.1, 0.15) is 54.2 Å². The number of Topliss-reactive ketones (excluding diaryl/α,β-unsaturated/α-hetero) is 1. The Balaban J connectivity index is 1.86. The van der Waals surface area contributed by atoms with Crippen molar-refractivity contribution in [2.75, 3.05) is 11.9 Å². The van der Waals surface area contributed by atoms with E-state index in [1.54, 1.807) is 18.3 Å². The van der Waals surface area contributed by atoms with Crippen molar-refractivity contribution in [3.05, 3.63) is 41.2 Å². The molecule has 0 saturated heterocycles. The Labute approximate surface area is 146 Å².